The van der Waals surface area contributed by atoms with E-state index >= 15 is 0 Å². The molecule has 1 rings (SSSR count). The van der Waals surface area contributed by atoms with Crippen LogP contribution in [0.25, 0.3) is 0 Å². The second kappa shape index (κ2) is 5.79. The third-order valence-corrected chi connectivity index (χ3v) is 2.14. The van der Waals surface area contributed by atoms with Gasteiger partial charge in [-0.25, -0.2) is 4.79 Å². The molecular weight excluding hydrogens is 265 g/mol. The molecule has 0 aliphatic rings. The smallest absolute Gasteiger partial charge is 0.420 e. The first-order chi connectivity index (χ1) is 8.74. The molecule has 1 aromatic carbocycles. The first kappa shape index (κ1) is 15.1. The number of hydrogen-bond acceptors (Lipinski definition) is 3. The van der Waals surface area contributed by atoms with Crippen molar-refractivity contribution < 1.29 is 27.8 Å². The topological polar surface area (TPSA) is 84.6 Å². The number of aliphatic hydroxyl groups excluding tert-OH is 1. The molecule has 0 heterocycles. The van der Waals surface area contributed by atoms with Crippen molar-refractivity contribution in [2.75, 3.05) is 11.9 Å². The average Bonchev–Trinajstić information content (AvgIpc) is 2.28. The fourth-order valence-electron chi connectivity index (χ4n) is 1.33. The molecule has 1 aromatic rings. The number of carbonyl (C=O) groups is 1. The summed E-state index contributed by atoms with van der Waals surface area (Å²) in [4.78, 5) is 10.6. The zero-order chi connectivity index (χ0) is 14.6. The summed E-state index contributed by atoms with van der Waals surface area (Å²) in [5, 5.41) is 10.8. The van der Waals surface area contributed by atoms with Gasteiger partial charge in [0, 0.05) is 5.69 Å². The highest BCUT2D eigenvalue weighted by atomic mass is 19.4. The molecule has 0 aliphatic heterocycles. The van der Waals surface area contributed by atoms with Gasteiger partial charge in [0.05, 0.1) is 12.2 Å². The summed E-state index contributed by atoms with van der Waals surface area (Å²) in [6, 6.07) is 2.02. The molecule has 0 saturated carbocycles. The van der Waals surface area contributed by atoms with Gasteiger partial charge >= 0.3 is 12.2 Å². The minimum atomic E-state index is -4.65. The van der Waals surface area contributed by atoms with E-state index in [1.54, 1.807) is 0 Å². The summed E-state index contributed by atoms with van der Waals surface area (Å²) < 4.78 is 43.5. The van der Waals surface area contributed by atoms with Crippen molar-refractivity contribution in [3.8, 4) is 5.75 Å². The molecule has 0 fully saturated rings. The molecule has 0 radical (unpaired) electrons. The minimum Gasteiger partial charge on any atom is -0.488 e. The van der Waals surface area contributed by atoms with E-state index in [9.17, 15) is 18.0 Å². The van der Waals surface area contributed by atoms with Crippen molar-refractivity contribution in [1.29, 1.82) is 0 Å². The van der Waals surface area contributed by atoms with Crippen LogP contribution in [-0.2, 0) is 6.18 Å². The number of benzene rings is 1. The maximum absolute atomic E-state index is 12.8. The third-order valence-electron chi connectivity index (χ3n) is 2.14. The number of aliphatic hydroxyl groups is 1. The van der Waals surface area contributed by atoms with E-state index in [1.807, 2.05) is 5.32 Å². The molecule has 2 amide bonds. The molecule has 0 spiro atoms. The minimum absolute atomic E-state index is 0.0937. The lowest BCUT2D eigenvalue weighted by Gasteiger charge is -2.18. The Kier molecular flexibility index (Phi) is 4.60. The lowest BCUT2D eigenvalue weighted by atomic mass is 10.1. The van der Waals surface area contributed by atoms with Gasteiger partial charge in [-0.2, -0.15) is 13.2 Å². The summed E-state index contributed by atoms with van der Waals surface area (Å²) in [6.45, 7) is 1.01. The van der Waals surface area contributed by atoms with Crippen molar-refractivity contribution in [3.05, 3.63) is 23.8 Å². The van der Waals surface area contributed by atoms with Crippen LogP contribution >= 0.6 is 0 Å². The zero-order valence-corrected chi connectivity index (χ0v) is 9.99. The van der Waals surface area contributed by atoms with E-state index < -0.39 is 36.2 Å². The largest absolute Gasteiger partial charge is 0.488 e. The molecule has 1 atom stereocenters. The molecule has 1 unspecified atom stereocenters. The van der Waals surface area contributed by atoms with Gasteiger partial charge < -0.3 is 20.9 Å². The summed E-state index contributed by atoms with van der Waals surface area (Å²) in [7, 11) is 0. The Labute approximate surface area is 107 Å². The maximum atomic E-state index is 12.8. The Morgan fingerprint density at radius 2 is 2.16 bits per heavy atom. The molecule has 0 aromatic heterocycles. The quantitative estimate of drug-likeness (QED) is 0.787. The number of carbonyl (C=O) groups excluding carboxylic acids is 1. The van der Waals surface area contributed by atoms with Crippen molar-refractivity contribution in [2.45, 2.75) is 19.2 Å². The van der Waals surface area contributed by atoms with Gasteiger partial charge in [-0.1, -0.05) is 0 Å². The highest BCUT2D eigenvalue weighted by Gasteiger charge is 2.35. The van der Waals surface area contributed by atoms with Crippen molar-refractivity contribution in [1.82, 2.24) is 0 Å². The molecule has 8 heteroatoms. The Hall–Kier alpha value is -1.96. The predicted molar refractivity (Wildman–Crippen MR) is 61.8 cm³/mol. The molecule has 19 heavy (non-hydrogen) atoms. The van der Waals surface area contributed by atoms with Gasteiger partial charge in [0.2, 0.25) is 0 Å². The lowest BCUT2D eigenvalue weighted by molar-refractivity contribution is -0.139. The third kappa shape index (κ3) is 4.32. The van der Waals surface area contributed by atoms with Crippen LogP contribution in [0.3, 0.4) is 0 Å². The predicted octanol–water partition coefficient (Wildman–Crippen LogP) is 1.96. The fourth-order valence-corrected chi connectivity index (χ4v) is 1.33. The standard InChI is InChI=1S/C11H13F3N2O3/c1-6(5-17)19-9-3-2-7(16-10(15)18)4-8(9)11(12,13)14/h2-4,6,17H,5H2,1H3,(H3,15,16,18). The highest BCUT2D eigenvalue weighted by Crippen LogP contribution is 2.38. The number of halogens is 3. The average molecular weight is 278 g/mol. The fraction of sp³-hybridized carbons (Fsp3) is 0.364. The molecule has 4 N–H and O–H groups in total. The SMILES string of the molecule is CC(CO)Oc1ccc(NC(N)=O)cc1C(F)(F)F. The first-order valence-corrected chi connectivity index (χ1v) is 5.29. The molecule has 0 saturated heterocycles. The van der Waals surface area contributed by atoms with Crippen LogP contribution in [0.4, 0.5) is 23.7 Å². The van der Waals surface area contributed by atoms with Crippen LogP contribution in [0.2, 0.25) is 0 Å². The van der Waals surface area contributed by atoms with Gasteiger partial charge in [0.25, 0.3) is 0 Å². The number of nitrogens with two attached hydrogens (primary N) is 1. The van der Waals surface area contributed by atoms with Gasteiger partial charge in [0.15, 0.2) is 0 Å². The van der Waals surface area contributed by atoms with E-state index in [4.69, 9.17) is 15.6 Å². The number of rotatable bonds is 4. The monoisotopic (exact) mass is 278 g/mol. The molecular formula is C11H13F3N2O3. The molecule has 0 aliphatic carbocycles. The zero-order valence-electron chi connectivity index (χ0n) is 9.99. The maximum Gasteiger partial charge on any atom is 0.420 e. The van der Waals surface area contributed by atoms with E-state index in [2.05, 4.69) is 0 Å². The number of nitrogens with one attached hydrogen (secondary N) is 1. The second-order valence-corrected chi connectivity index (χ2v) is 3.81. The summed E-state index contributed by atoms with van der Waals surface area (Å²) in [5.41, 5.74) is 3.68. The number of amides is 2. The van der Waals surface area contributed by atoms with Gasteiger partial charge in [0.1, 0.15) is 11.9 Å². The molecule has 5 nitrogen and oxygen atoms in total. The summed E-state index contributed by atoms with van der Waals surface area (Å²) >= 11 is 0. The van der Waals surface area contributed by atoms with Crippen molar-refractivity contribution in [3.63, 3.8) is 0 Å². The first-order valence-electron chi connectivity index (χ1n) is 5.29. The van der Waals surface area contributed by atoms with Crippen LogP contribution in [0.5, 0.6) is 5.75 Å². The summed E-state index contributed by atoms with van der Waals surface area (Å²) in [5.74, 6) is -0.427. The highest BCUT2D eigenvalue weighted by molar-refractivity contribution is 5.88. The Morgan fingerprint density at radius 3 is 2.63 bits per heavy atom. The number of urea groups is 1. The molecule has 0 bridgehead atoms. The van der Waals surface area contributed by atoms with E-state index in [0.29, 0.717) is 6.07 Å². The van der Waals surface area contributed by atoms with Crippen LogP contribution in [-0.4, -0.2) is 23.8 Å². The Bertz CT molecular complexity index is 463. The number of anilines is 1. The van der Waals surface area contributed by atoms with Crippen LogP contribution < -0.4 is 15.8 Å². The number of alkyl halides is 3. The van der Waals surface area contributed by atoms with Gasteiger partial charge in [-0.05, 0) is 25.1 Å². The Morgan fingerprint density at radius 1 is 1.53 bits per heavy atom. The number of primary amides is 1. The van der Waals surface area contributed by atoms with E-state index in [1.165, 1.54) is 13.0 Å². The lowest BCUT2D eigenvalue weighted by Crippen LogP contribution is -2.21. The van der Waals surface area contributed by atoms with Crippen LogP contribution in [0.1, 0.15) is 12.5 Å². The number of ether oxygens (including phenoxy) is 1. The van der Waals surface area contributed by atoms with E-state index in [0.717, 1.165) is 6.07 Å². The molecule has 106 valence electrons. The van der Waals surface area contributed by atoms with Crippen molar-refractivity contribution >= 4 is 11.7 Å². The normalized spacial score (nSPS) is 12.9. The number of hydrogen-bond donors (Lipinski definition) is 3. The van der Waals surface area contributed by atoms with Crippen LogP contribution in [0, 0.1) is 0 Å². The van der Waals surface area contributed by atoms with Gasteiger partial charge in [-0.15, -0.1) is 0 Å². The van der Waals surface area contributed by atoms with Crippen LogP contribution in [0.15, 0.2) is 18.2 Å². The van der Waals surface area contributed by atoms with Gasteiger partial charge in [-0.3, -0.25) is 0 Å². The summed E-state index contributed by atoms with van der Waals surface area (Å²) in [6.07, 6.45) is -5.43. The second-order valence-electron chi connectivity index (χ2n) is 3.81. The van der Waals surface area contributed by atoms with E-state index in [-0.39, 0.29) is 5.69 Å². The van der Waals surface area contributed by atoms with Crippen molar-refractivity contribution in [2.24, 2.45) is 5.73 Å². The Balaban J connectivity index is 3.13.